The Morgan fingerprint density at radius 2 is 1.71 bits per heavy atom. The van der Waals surface area contributed by atoms with Gasteiger partial charge in [-0.25, -0.2) is 4.39 Å². The number of piperazine rings is 1. The first kappa shape index (κ1) is 16.2. The standard InChI is InChI=1S/C17H27FN2O/c1-12-10-16(14(13(2)21)11-15(12)18)19-6-8-20(9-7-19)17(3,4)5/h10-11,13,21H,6-9H2,1-5H3/t13-/m1/s1. The van der Waals surface area contributed by atoms with Crippen molar-refractivity contribution in [2.45, 2.75) is 46.3 Å². The van der Waals surface area contributed by atoms with Crippen molar-refractivity contribution < 1.29 is 9.50 Å². The number of halogens is 1. The zero-order valence-corrected chi connectivity index (χ0v) is 13.8. The van der Waals surface area contributed by atoms with E-state index in [4.69, 9.17) is 0 Å². The number of hydrogen-bond acceptors (Lipinski definition) is 3. The third-order valence-corrected chi connectivity index (χ3v) is 4.33. The molecule has 0 radical (unpaired) electrons. The van der Waals surface area contributed by atoms with E-state index in [0.717, 1.165) is 31.9 Å². The summed E-state index contributed by atoms with van der Waals surface area (Å²) in [4.78, 5) is 4.72. The molecule has 118 valence electrons. The van der Waals surface area contributed by atoms with Crippen molar-refractivity contribution in [1.29, 1.82) is 0 Å². The van der Waals surface area contributed by atoms with Gasteiger partial charge in [-0.05, 0) is 52.3 Å². The predicted molar refractivity (Wildman–Crippen MR) is 85.3 cm³/mol. The van der Waals surface area contributed by atoms with Crippen LogP contribution in [0.3, 0.4) is 0 Å². The number of aliphatic hydroxyl groups is 1. The fourth-order valence-corrected chi connectivity index (χ4v) is 2.91. The lowest BCUT2D eigenvalue weighted by Gasteiger charge is -2.43. The van der Waals surface area contributed by atoms with Crippen molar-refractivity contribution in [2.75, 3.05) is 31.1 Å². The minimum atomic E-state index is -0.657. The van der Waals surface area contributed by atoms with Gasteiger partial charge in [-0.1, -0.05) is 0 Å². The summed E-state index contributed by atoms with van der Waals surface area (Å²) in [6.45, 7) is 13.9. The molecule has 1 aliphatic rings. The molecule has 1 N–H and O–H groups in total. The molecular weight excluding hydrogens is 267 g/mol. The Bertz CT molecular complexity index is 500. The van der Waals surface area contributed by atoms with Crippen LogP contribution >= 0.6 is 0 Å². The third-order valence-electron chi connectivity index (χ3n) is 4.33. The van der Waals surface area contributed by atoms with Crippen LogP contribution in [0.25, 0.3) is 0 Å². The highest BCUT2D eigenvalue weighted by Crippen LogP contribution is 2.30. The second kappa shape index (κ2) is 5.93. The minimum absolute atomic E-state index is 0.178. The first-order valence-corrected chi connectivity index (χ1v) is 7.68. The predicted octanol–water partition coefficient (Wildman–Crippen LogP) is 3.11. The second-order valence-electron chi connectivity index (χ2n) is 6.98. The molecule has 1 aromatic rings. The summed E-state index contributed by atoms with van der Waals surface area (Å²) in [5.41, 5.74) is 2.46. The summed E-state index contributed by atoms with van der Waals surface area (Å²) in [7, 11) is 0. The van der Waals surface area contributed by atoms with E-state index >= 15 is 0 Å². The van der Waals surface area contributed by atoms with Gasteiger partial charge in [0, 0.05) is 43.0 Å². The van der Waals surface area contributed by atoms with Crippen molar-refractivity contribution in [2.24, 2.45) is 0 Å². The Balaban J connectivity index is 2.22. The van der Waals surface area contributed by atoms with Gasteiger partial charge in [-0.3, -0.25) is 4.90 Å². The first-order chi connectivity index (χ1) is 9.70. The highest BCUT2D eigenvalue weighted by Gasteiger charge is 2.27. The van der Waals surface area contributed by atoms with Gasteiger partial charge in [0.05, 0.1) is 6.10 Å². The van der Waals surface area contributed by atoms with E-state index in [1.807, 2.05) is 6.07 Å². The van der Waals surface area contributed by atoms with Crippen LogP contribution in [0.4, 0.5) is 10.1 Å². The van der Waals surface area contributed by atoms with Crippen LogP contribution < -0.4 is 4.90 Å². The molecule has 3 nitrogen and oxygen atoms in total. The molecule has 21 heavy (non-hydrogen) atoms. The fourth-order valence-electron chi connectivity index (χ4n) is 2.91. The summed E-state index contributed by atoms with van der Waals surface area (Å²) in [6.07, 6.45) is -0.657. The molecule has 0 spiro atoms. The van der Waals surface area contributed by atoms with Crippen LogP contribution in [0.1, 0.15) is 44.9 Å². The van der Waals surface area contributed by atoms with Crippen molar-refractivity contribution in [1.82, 2.24) is 4.90 Å². The van der Waals surface area contributed by atoms with Crippen LogP contribution in [0.15, 0.2) is 12.1 Å². The number of hydrogen-bond donors (Lipinski definition) is 1. The average molecular weight is 294 g/mol. The maximum atomic E-state index is 13.8. The molecule has 0 saturated carbocycles. The lowest BCUT2D eigenvalue weighted by molar-refractivity contribution is 0.128. The van der Waals surface area contributed by atoms with E-state index in [-0.39, 0.29) is 11.4 Å². The third kappa shape index (κ3) is 3.55. The molecule has 4 heteroatoms. The van der Waals surface area contributed by atoms with Gasteiger partial charge >= 0.3 is 0 Å². The van der Waals surface area contributed by atoms with E-state index in [1.165, 1.54) is 6.07 Å². The molecule has 1 aromatic carbocycles. The molecule has 1 heterocycles. The maximum absolute atomic E-state index is 13.8. The van der Waals surface area contributed by atoms with E-state index in [2.05, 4.69) is 30.6 Å². The highest BCUT2D eigenvalue weighted by molar-refractivity contribution is 5.57. The van der Waals surface area contributed by atoms with Crippen LogP contribution in [0.2, 0.25) is 0 Å². The van der Waals surface area contributed by atoms with Gasteiger partial charge in [0.1, 0.15) is 5.82 Å². The average Bonchev–Trinajstić information content (AvgIpc) is 2.40. The molecule has 0 unspecified atom stereocenters. The zero-order chi connectivity index (χ0) is 15.8. The minimum Gasteiger partial charge on any atom is -0.389 e. The Hall–Kier alpha value is -1.13. The number of benzene rings is 1. The number of nitrogens with zero attached hydrogens (tertiary/aromatic N) is 2. The smallest absolute Gasteiger partial charge is 0.126 e. The van der Waals surface area contributed by atoms with Gasteiger partial charge in [-0.15, -0.1) is 0 Å². The summed E-state index contributed by atoms with van der Waals surface area (Å²) in [5.74, 6) is -0.247. The monoisotopic (exact) mass is 294 g/mol. The van der Waals surface area contributed by atoms with Crippen molar-refractivity contribution in [3.63, 3.8) is 0 Å². The molecule has 2 rings (SSSR count). The number of aliphatic hydroxyl groups excluding tert-OH is 1. The largest absolute Gasteiger partial charge is 0.389 e. The summed E-state index contributed by atoms with van der Waals surface area (Å²) in [5, 5.41) is 9.93. The van der Waals surface area contributed by atoms with E-state index in [9.17, 15) is 9.50 Å². The molecule has 1 fully saturated rings. The SMILES string of the molecule is Cc1cc(N2CCN(C(C)(C)C)CC2)c([C@@H](C)O)cc1F. The van der Waals surface area contributed by atoms with E-state index in [0.29, 0.717) is 11.1 Å². The first-order valence-electron chi connectivity index (χ1n) is 7.68. The molecule has 0 aromatic heterocycles. The van der Waals surface area contributed by atoms with Crippen molar-refractivity contribution in [3.8, 4) is 0 Å². The Morgan fingerprint density at radius 3 is 2.19 bits per heavy atom. The number of rotatable bonds is 2. The zero-order valence-electron chi connectivity index (χ0n) is 13.8. The van der Waals surface area contributed by atoms with Crippen LogP contribution in [-0.4, -0.2) is 41.7 Å². The second-order valence-corrected chi connectivity index (χ2v) is 6.98. The maximum Gasteiger partial charge on any atom is 0.126 e. The van der Waals surface area contributed by atoms with Gasteiger partial charge in [0.15, 0.2) is 0 Å². The molecule has 0 aliphatic carbocycles. The Labute approximate surface area is 127 Å². The molecule has 0 bridgehead atoms. The van der Waals surface area contributed by atoms with E-state index < -0.39 is 6.10 Å². The summed E-state index contributed by atoms with van der Waals surface area (Å²) in [6, 6.07) is 3.34. The number of anilines is 1. The molecule has 1 atom stereocenters. The molecule has 1 aliphatic heterocycles. The van der Waals surface area contributed by atoms with Gasteiger partial charge < -0.3 is 10.0 Å². The topological polar surface area (TPSA) is 26.7 Å². The van der Waals surface area contributed by atoms with Crippen LogP contribution in [-0.2, 0) is 0 Å². The van der Waals surface area contributed by atoms with E-state index in [1.54, 1.807) is 13.8 Å². The van der Waals surface area contributed by atoms with Crippen molar-refractivity contribution in [3.05, 3.63) is 29.1 Å². The molecule has 1 saturated heterocycles. The summed E-state index contributed by atoms with van der Waals surface area (Å²) >= 11 is 0. The lowest BCUT2D eigenvalue weighted by Crippen LogP contribution is -2.53. The molecule has 0 amide bonds. The van der Waals surface area contributed by atoms with Gasteiger partial charge in [0.25, 0.3) is 0 Å². The molecular formula is C17H27FN2O. The van der Waals surface area contributed by atoms with Crippen LogP contribution in [0.5, 0.6) is 0 Å². The lowest BCUT2D eigenvalue weighted by atomic mass is 10.0. The van der Waals surface area contributed by atoms with Crippen LogP contribution in [0, 0.1) is 12.7 Å². The quantitative estimate of drug-likeness (QED) is 0.908. The Morgan fingerprint density at radius 1 is 1.14 bits per heavy atom. The van der Waals surface area contributed by atoms with Gasteiger partial charge in [0.2, 0.25) is 0 Å². The summed E-state index contributed by atoms with van der Waals surface area (Å²) < 4.78 is 13.8. The fraction of sp³-hybridized carbons (Fsp3) is 0.647. The normalized spacial score (nSPS) is 18.9. The van der Waals surface area contributed by atoms with Crippen molar-refractivity contribution >= 4 is 5.69 Å². The highest BCUT2D eigenvalue weighted by atomic mass is 19.1. The van der Waals surface area contributed by atoms with Gasteiger partial charge in [-0.2, -0.15) is 0 Å². The number of aryl methyl sites for hydroxylation is 1. The Kier molecular flexibility index (Phi) is 4.59.